The smallest absolute Gasteiger partial charge is 0.220 e. The molecule has 2 N–H and O–H groups in total. The van der Waals surface area contributed by atoms with Gasteiger partial charge in [-0.25, -0.2) is 0 Å². The Hall–Kier alpha value is -0.570. The van der Waals surface area contributed by atoms with Crippen LogP contribution in [0.3, 0.4) is 0 Å². The van der Waals surface area contributed by atoms with Gasteiger partial charge in [-0.3, -0.25) is 4.79 Å². The summed E-state index contributed by atoms with van der Waals surface area (Å²) in [7, 11) is 0. The van der Waals surface area contributed by atoms with Gasteiger partial charge < -0.3 is 10.4 Å². The van der Waals surface area contributed by atoms with Gasteiger partial charge in [0.05, 0.1) is 6.61 Å². The molecule has 0 aromatic rings. The number of carbonyl (C=O) groups excluding carboxylic acids is 1. The van der Waals surface area contributed by atoms with Gasteiger partial charge in [0, 0.05) is 18.4 Å². The van der Waals surface area contributed by atoms with Crippen LogP contribution in [0, 0.1) is 11.3 Å². The molecule has 3 nitrogen and oxygen atoms in total. The molecule has 0 atom stereocenters. The zero-order valence-corrected chi connectivity index (χ0v) is 11.4. The summed E-state index contributed by atoms with van der Waals surface area (Å²) in [6.45, 7) is 0.895. The number of hydrogen-bond donors (Lipinski definition) is 2. The van der Waals surface area contributed by atoms with E-state index in [2.05, 4.69) is 5.32 Å². The predicted molar refractivity (Wildman–Crippen MR) is 72.2 cm³/mol. The molecule has 0 saturated heterocycles. The van der Waals surface area contributed by atoms with Crippen LogP contribution < -0.4 is 5.32 Å². The highest BCUT2D eigenvalue weighted by atomic mass is 16.3. The number of rotatable bonds is 5. The molecule has 0 heterocycles. The Kier molecular flexibility index (Phi) is 5.04. The standard InChI is InChI=1S/C15H27NO2/c17-12-15(8-4-1-5-9-15)11-16-14(18)10-13-6-2-3-7-13/h13,17H,1-12H2,(H,16,18). The summed E-state index contributed by atoms with van der Waals surface area (Å²) in [5.74, 6) is 0.807. The van der Waals surface area contributed by atoms with E-state index in [1.165, 1.54) is 44.9 Å². The third-order valence-corrected chi connectivity index (χ3v) is 4.86. The molecule has 0 aromatic heterocycles. The molecule has 18 heavy (non-hydrogen) atoms. The van der Waals surface area contributed by atoms with Crippen molar-refractivity contribution in [1.29, 1.82) is 0 Å². The van der Waals surface area contributed by atoms with Crippen LogP contribution in [0.5, 0.6) is 0 Å². The second kappa shape index (κ2) is 6.55. The zero-order valence-electron chi connectivity index (χ0n) is 11.4. The van der Waals surface area contributed by atoms with Gasteiger partial charge in [-0.1, -0.05) is 32.1 Å². The van der Waals surface area contributed by atoms with Crippen LogP contribution in [0.15, 0.2) is 0 Å². The molecule has 2 aliphatic rings. The summed E-state index contributed by atoms with van der Waals surface area (Å²) < 4.78 is 0. The number of aliphatic hydroxyl groups excluding tert-OH is 1. The second-order valence-corrected chi connectivity index (χ2v) is 6.35. The average Bonchev–Trinajstić information content (AvgIpc) is 2.90. The van der Waals surface area contributed by atoms with Crippen LogP contribution in [-0.4, -0.2) is 24.2 Å². The Morgan fingerprint density at radius 2 is 1.78 bits per heavy atom. The highest BCUT2D eigenvalue weighted by molar-refractivity contribution is 5.76. The van der Waals surface area contributed by atoms with E-state index in [1.807, 2.05) is 0 Å². The molecule has 0 bridgehead atoms. The van der Waals surface area contributed by atoms with E-state index in [0.29, 0.717) is 18.9 Å². The van der Waals surface area contributed by atoms with Gasteiger partial charge in [-0.2, -0.15) is 0 Å². The molecule has 0 unspecified atom stereocenters. The lowest BCUT2D eigenvalue weighted by Crippen LogP contribution is -2.41. The lowest BCUT2D eigenvalue weighted by molar-refractivity contribution is -0.122. The Morgan fingerprint density at radius 3 is 2.39 bits per heavy atom. The van der Waals surface area contributed by atoms with Crippen LogP contribution in [0.1, 0.15) is 64.2 Å². The lowest BCUT2D eigenvalue weighted by atomic mass is 9.74. The Morgan fingerprint density at radius 1 is 1.11 bits per heavy atom. The molecule has 1 amide bonds. The lowest BCUT2D eigenvalue weighted by Gasteiger charge is -2.35. The van der Waals surface area contributed by atoms with Crippen molar-refractivity contribution in [3.05, 3.63) is 0 Å². The van der Waals surface area contributed by atoms with E-state index < -0.39 is 0 Å². The minimum absolute atomic E-state index is 0.0242. The SMILES string of the molecule is O=C(CC1CCCC1)NCC1(CO)CCCCC1. The summed E-state index contributed by atoms with van der Waals surface area (Å²) in [4.78, 5) is 11.9. The van der Waals surface area contributed by atoms with Gasteiger partial charge in [-0.05, 0) is 31.6 Å². The van der Waals surface area contributed by atoms with Crippen molar-refractivity contribution in [2.75, 3.05) is 13.2 Å². The molecule has 104 valence electrons. The van der Waals surface area contributed by atoms with E-state index in [1.54, 1.807) is 0 Å². The van der Waals surface area contributed by atoms with Gasteiger partial charge >= 0.3 is 0 Å². The average molecular weight is 253 g/mol. The Bertz CT molecular complexity index is 266. The van der Waals surface area contributed by atoms with Crippen LogP contribution >= 0.6 is 0 Å². The van der Waals surface area contributed by atoms with Crippen LogP contribution in [-0.2, 0) is 4.79 Å². The number of nitrogens with one attached hydrogen (secondary N) is 1. The molecule has 2 rings (SSSR count). The van der Waals surface area contributed by atoms with Gasteiger partial charge in [0.15, 0.2) is 0 Å². The predicted octanol–water partition coefficient (Wildman–Crippen LogP) is 2.63. The summed E-state index contributed by atoms with van der Waals surface area (Å²) in [5, 5.41) is 12.7. The molecule has 3 heteroatoms. The minimum Gasteiger partial charge on any atom is -0.396 e. The highest BCUT2D eigenvalue weighted by Crippen LogP contribution is 2.35. The normalized spacial score (nSPS) is 24.1. The zero-order chi connectivity index (χ0) is 12.8. The van der Waals surface area contributed by atoms with Crippen molar-refractivity contribution in [1.82, 2.24) is 5.32 Å². The molecular formula is C15H27NO2. The van der Waals surface area contributed by atoms with Gasteiger partial charge in [0.2, 0.25) is 5.91 Å². The quantitative estimate of drug-likeness (QED) is 0.791. The number of hydrogen-bond acceptors (Lipinski definition) is 2. The van der Waals surface area contributed by atoms with Crippen molar-refractivity contribution >= 4 is 5.91 Å². The van der Waals surface area contributed by atoms with Crippen LogP contribution in [0.4, 0.5) is 0 Å². The number of aliphatic hydroxyl groups is 1. The summed E-state index contributed by atoms with van der Waals surface area (Å²) in [6, 6.07) is 0. The first-order valence-electron chi connectivity index (χ1n) is 7.62. The van der Waals surface area contributed by atoms with Crippen LogP contribution in [0.2, 0.25) is 0 Å². The minimum atomic E-state index is -0.0242. The Labute approximate surface area is 110 Å². The van der Waals surface area contributed by atoms with Crippen molar-refractivity contribution in [2.45, 2.75) is 64.2 Å². The van der Waals surface area contributed by atoms with Crippen molar-refractivity contribution in [3.8, 4) is 0 Å². The maximum Gasteiger partial charge on any atom is 0.220 e. The van der Waals surface area contributed by atoms with Crippen LogP contribution in [0.25, 0.3) is 0 Å². The molecular weight excluding hydrogens is 226 g/mol. The fourth-order valence-electron chi connectivity index (χ4n) is 3.53. The number of amides is 1. The third kappa shape index (κ3) is 3.71. The largest absolute Gasteiger partial charge is 0.396 e. The molecule has 0 radical (unpaired) electrons. The molecule has 2 saturated carbocycles. The van der Waals surface area contributed by atoms with E-state index in [-0.39, 0.29) is 17.9 Å². The maximum absolute atomic E-state index is 11.9. The van der Waals surface area contributed by atoms with Crippen molar-refractivity contribution in [2.24, 2.45) is 11.3 Å². The first kappa shape index (κ1) is 13.9. The highest BCUT2D eigenvalue weighted by Gasteiger charge is 2.31. The van der Waals surface area contributed by atoms with Gasteiger partial charge in [0.1, 0.15) is 0 Å². The third-order valence-electron chi connectivity index (χ3n) is 4.86. The molecule has 0 aliphatic heterocycles. The number of carbonyl (C=O) groups is 1. The topological polar surface area (TPSA) is 49.3 Å². The molecule has 2 aliphatic carbocycles. The summed E-state index contributed by atoms with van der Waals surface area (Å²) >= 11 is 0. The van der Waals surface area contributed by atoms with Gasteiger partial charge in [0.25, 0.3) is 0 Å². The fourth-order valence-corrected chi connectivity index (χ4v) is 3.53. The van der Waals surface area contributed by atoms with Crippen molar-refractivity contribution in [3.63, 3.8) is 0 Å². The van der Waals surface area contributed by atoms with Crippen molar-refractivity contribution < 1.29 is 9.90 Å². The van der Waals surface area contributed by atoms with E-state index in [9.17, 15) is 9.90 Å². The van der Waals surface area contributed by atoms with E-state index in [0.717, 1.165) is 12.8 Å². The summed E-state index contributed by atoms with van der Waals surface area (Å²) in [6.07, 6.45) is 11.5. The monoisotopic (exact) mass is 253 g/mol. The van der Waals surface area contributed by atoms with E-state index in [4.69, 9.17) is 0 Å². The Balaban J connectivity index is 1.73. The molecule has 2 fully saturated rings. The molecule has 0 spiro atoms. The first-order valence-corrected chi connectivity index (χ1v) is 7.62. The maximum atomic E-state index is 11.9. The van der Waals surface area contributed by atoms with Gasteiger partial charge in [-0.15, -0.1) is 0 Å². The second-order valence-electron chi connectivity index (χ2n) is 6.35. The van der Waals surface area contributed by atoms with E-state index >= 15 is 0 Å². The fraction of sp³-hybridized carbons (Fsp3) is 0.933. The molecule has 0 aromatic carbocycles. The summed E-state index contributed by atoms with van der Waals surface area (Å²) in [5.41, 5.74) is -0.0242. The first-order chi connectivity index (χ1) is 8.74.